The van der Waals surface area contributed by atoms with Gasteiger partial charge >= 0.3 is 5.97 Å². The molecule has 0 unspecified atom stereocenters. The van der Waals surface area contributed by atoms with E-state index in [0.717, 1.165) is 16.5 Å². The highest BCUT2D eigenvalue weighted by molar-refractivity contribution is 5.84. The Bertz CT molecular complexity index is 562. The van der Waals surface area contributed by atoms with Crippen molar-refractivity contribution in [2.45, 2.75) is 26.2 Å². The summed E-state index contributed by atoms with van der Waals surface area (Å²) in [6, 6.07) is 4.60. The zero-order chi connectivity index (χ0) is 13.1. The molecule has 0 saturated heterocycles. The third-order valence-corrected chi connectivity index (χ3v) is 2.98. The average molecular weight is 249 g/mol. The molecule has 3 nitrogen and oxygen atoms in total. The molecule has 1 atom stereocenters. The van der Waals surface area contributed by atoms with Crippen LogP contribution in [0.4, 0.5) is 4.39 Å². The van der Waals surface area contributed by atoms with Crippen LogP contribution < -0.4 is 0 Å². The van der Waals surface area contributed by atoms with Gasteiger partial charge in [0, 0.05) is 17.1 Å². The van der Waals surface area contributed by atoms with Crippen LogP contribution in [0.1, 0.15) is 31.7 Å². The summed E-state index contributed by atoms with van der Waals surface area (Å²) in [5.41, 5.74) is 1.82. The van der Waals surface area contributed by atoms with Gasteiger partial charge in [-0.15, -0.1) is 0 Å². The second-order valence-corrected chi connectivity index (χ2v) is 4.34. The first-order chi connectivity index (χ1) is 8.61. The number of halogens is 1. The van der Waals surface area contributed by atoms with E-state index in [9.17, 15) is 9.18 Å². The Morgan fingerprint density at radius 1 is 1.50 bits per heavy atom. The van der Waals surface area contributed by atoms with Gasteiger partial charge in [0.05, 0.1) is 13.0 Å². The summed E-state index contributed by atoms with van der Waals surface area (Å²) in [4.78, 5) is 14.5. The summed E-state index contributed by atoms with van der Waals surface area (Å²) in [5, 5.41) is 0.826. The highest BCUT2D eigenvalue weighted by Crippen LogP contribution is 2.28. The smallest absolute Gasteiger partial charge is 0.306 e. The van der Waals surface area contributed by atoms with Gasteiger partial charge in [-0.05, 0) is 36.6 Å². The number of aromatic nitrogens is 1. The lowest BCUT2D eigenvalue weighted by Crippen LogP contribution is -2.08. The minimum atomic E-state index is -0.272. The van der Waals surface area contributed by atoms with E-state index >= 15 is 0 Å². The van der Waals surface area contributed by atoms with Gasteiger partial charge in [0.25, 0.3) is 0 Å². The molecule has 2 rings (SSSR count). The lowest BCUT2D eigenvalue weighted by atomic mass is 9.97. The van der Waals surface area contributed by atoms with Crippen LogP contribution in [0.15, 0.2) is 24.4 Å². The Morgan fingerprint density at radius 3 is 3.00 bits per heavy atom. The van der Waals surface area contributed by atoms with E-state index in [1.54, 1.807) is 13.0 Å². The molecule has 0 fully saturated rings. The van der Waals surface area contributed by atoms with Gasteiger partial charge in [-0.1, -0.05) is 6.92 Å². The fourth-order valence-corrected chi connectivity index (χ4v) is 2.10. The maximum Gasteiger partial charge on any atom is 0.306 e. The van der Waals surface area contributed by atoms with E-state index < -0.39 is 0 Å². The number of H-pyrrole nitrogens is 1. The largest absolute Gasteiger partial charge is 0.466 e. The zero-order valence-electron chi connectivity index (χ0n) is 10.5. The molecule has 0 amide bonds. The number of hydrogen-bond donors (Lipinski definition) is 1. The highest BCUT2D eigenvalue weighted by Gasteiger charge is 2.16. The molecule has 0 spiro atoms. The zero-order valence-corrected chi connectivity index (χ0v) is 10.5. The molecule has 0 saturated carbocycles. The first kappa shape index (κ1) is 12.6. The van der Waals surface area contributed by atoms with Gasteiger partial charge < -0.3 is 9.72 Å². The predicted octanol–water partition coefficient (Wildman–Crippen LogP) is 3.36. The van der Waals surface area contributed by atoms with E-state index in [-0.39, 0.29) is 17.7 Å². The lowest BCUT2D eigenvalue weighted by Gasteiger charge is -2.09. The SMILES string of the molecule is CCOC(=O)C[C@@H](C)c1c[nH]c2ccc(F)cc12. The summed E-state index contributed by atoms with van der Waals surface area (Å²) >= 11 is 0. The number of ether oxygens (including phenoxy) is 1. The fourth-order valence-electron chi connectivity index (χ4n) is 2.10. The first-order valence-electron chi connectivity index (χ1n) is 6.04. The van der Waals surface area contributed by atoms with Crippen LogP contribution in [0, 0.1) is 5.82 Å². The molecule has 2 aromatic rings. The van der Waals surface area contributed by atoms with Gasteiger partial charge in [-0.2, -0.15) is 0 Å². The van der Waals surface area contributed by atoms with Crippen molar-refractivity contribution in [3.05, 3.63) is 35.8 Å². The molecule has 96 valence electrons. The van der Waals surface area contributed by atoms with Crippen LogP contribution >= 0.6 is 0 Å². The molecule has 1 N–H and O–H groups in total. The minimum absolute atomic E-state index is 0.000370. The Balaban J connectivity index is 2.24. The van der Waals surface area contributed by atoms with Crippen LogP contribution in [-0.4, -0.2) is 17.6 Å². The van der Waals surface area contributed by atoms with E-state index in [0.29, 0.717) is 13.0 Å². The van der Waals surface area contributed by atoms with Gasteiger partial charge in [0.1, 0.15) is 5.82 Å². The van der Waals surface area contributed by atoms with Gasteiger partial charge in [0.2, 0.25) is 0 Å². The van der Waals surface area contributed by atoms with Crippen molar-refractivity contribution in [3.63, 3.8) is 0 Å². The molecule has 4 heteroatoms. The average Bonchev–Trinajstić information content (AvgIpc) is 2.71. The molecule has 1 aromatic carbocycles. The topological polar surface area (TPSA) is 42.1 Å². The van der Waals surface area contributed by atoms with Crippen LogP contribution in [0.2, 0.25) is 0 Å². The standard InChI is InChI=1S/C14H16FNO2/c1-3-18-14(17)6-9(2)12-8-16-13-5-4-10(15)7-11(12)13/h4-5,7-9,16H,3,6H2,1-2H3/t9-/m1/s1. The summed E-state index contributed by atoms with van der Waals surface area (Å²) in [5.74, 6) is -0.498. The third-order valence-electron chi connectivity index (χ3n) is 2.98. The normalized spacial score (nSPS) is 12.6. The van der Waals surface area contributed by atoms with Crippen molar-refractivity contribution in [2.75, 3.05) is 6.61 Å². The Kier molecular flexibility index (Phi) is 3.65. The van der Waals surface area contributed by atoms with Crippen molar-refractivity contribution in [1.29, 1.82) is 0 Å². The quantitative estimate of drug-likeness (QED) is 0.844. The maximum atomic E-state index is 13.2. The molecule has 1 aromatic heterocycles. The summed E-state index contributed by atoms with van der Waals surface area (Å²) in [6.45, 7) is 4.10. The molecular formula is C14H16FNO2. The second kappa shape index (κ2) is 5.21. The van der Waals surface area contributed by atoms with Crippen molar-refractivity contribution in [1.82, 2.24) is 4.98 Å². The monoisotopic (exact) mass is 249 g/mol. The molecular weight excluding hydrogens is 233 g/mol. The molecule has 1 heterocycles. The Hall–Kier alpha value is -1.84. The predicted molar refractivity (Wildman–Crippen MR) is 67.9 cm³/mol. The summed E-state index contributed by atoms with van der Waals surface area (Å²) < 4.78 is 18.2. The molecule has 0 aliphatic carbocycles. The van der Waals surface area contributed by atoms with Crippen LogP contribution in [0.25, 0.3) is 10.9 Å². The highest BCUT2D eigenvalue weighted by atomic mass is 19.1. The number of carbonyl (C=O) groups is 1. The van der Waals surface area contributed by atoms with Crippen LogP contribution in [-0.2, 0) is 9.53 Å². The molecule has 0 radical (unpaired) electrons. The van der Waals surface area contributed by atoms with Crippen molar-refractivity contribution >= 4 is 16.9 Å². The number of nitrogens with one attached hydrogen (secondary N) is 1. The van der Waals surface area contributed by atoms with Crippen LogP contribution in [0.3, 0.4) is 0 Å². The summed E-state index contributed by atoms with van der Waals surface area (Å²) in [6.07, 6.45) is 2.13. The number of fused-ring (bicyclic) bond motifs is 1. The van der Waals surface area contributed by atoms with Crippen molar-refractivity contribution in [2.24, 2.45) is 0 Å². The van der Waals surface area contributed by atoms with E-state index in [1.807, 2.05) is 13.1 Å². The van der Waals surface area contributed by atoms with E-state index in [2.05, 4.69) is 4.98 Å². The van der Waals surface area contributed by atoms with Gasteiger partial charge in [-0.25, -0.2) is 4.39 Å². The number of rotatable bonds is 4. The fraction of sp³-hybridized carbons (Fsp3) is 0.357. The number of esters is 1. The van der Waals surface area contributed by atoms with Crippen molar-refractivity contribution in [3.8, 4) is 0 Å². The summed E-state index contributed by atoms with van der Waals surface area (Å²) in [7, 11) is 0. The second-order valence-electron chi connectivity index (χ2n) is 4.34. The maximum absolute atomic E-state index is 13.2. The lowest BCUT2D eigenvalue weighted by molar-refractivity contribution is -0.143. The van der Waals surface area contributed by atoms with Crippen LogP contribution in [0.5, 0.6) is 0 Å². The van der Waals surface area contributed by atoms with Crippen molar-refractivity contribution < 1.29 is 13.9 Å². The number of aromatic amines is 1. The number of benzene rings is 1. The molecule has 0 bridgehead atoms. The van der Waals surface area contributed by atoms with E-state index in [4.69, 9.17) is 4.74 Å². The Morgan fingerprint density at radius 2 is 2.28 bits per heavy atom. The molecule has 0 aliphatic rings. The third kappa shape index (κ3) is 2.53. The Labute approximate surface area is 105 Å². The first-order valence-corrected chi connectivity index (χ1v) is 6.04. The van der Waals surface area contributed by atoms with E-state index in [1.165, 1.54) is 12.1 Å². The molecule has 0 aliphatic heterocycles. The van der Waals surface area contributed by atoms with Gasteiger partial charge in [-0.3, -0.25) is 4.79 Å². The molecule has 18 heavy (non-hydrogen) atoms. The minimum Gasteiger partial charge on any atom is -0.466 e. The van der Waals surface area contributed by atoms with Gasteiger partial charge in [0.15, 0.2) is 0 Å². The number of carbonyl (C=O) groups excluding carboxylic acids is 1. The number of hydrogen-bond acceptors (Lipinski definition) is 2.